The second-order valence-corrected chi connectivity index (χ2v) is 8.25. The lowest BCUT2D eigenvalue weighted by atomic mass is 10.1. The Kier molecular flexibility index (Phi) is 7.01. The van der Waals surface area contributed by atoms with Gasteiger partial charge in [0.25, 0.3) is 0 Å². The number of para-hydroxylation sites is 1. The van der Waals surface area contributed by atoms with Gasteiger partial charge in [0.15, 0.2) is 0 Å². The number of anilines is 4. The summed E-state index contributed by atoms with van der Waals surface area (Å²) in [6.07, 6.45) is 6.00. The van der Waals surface area contributed by atoms with Crippen molar-refractivity contribution in [3.8, 4) is 17.0 Å². The first-order valence-corrected chi connectivity index (χ1v) is 11.5. The molecule has 0 unspecified atom stereocenters. The smallest absolute Gasteiger partial charge is 0.247 e. The number of methoxy groups -OCH3 is 1. The van der Waals surface area contributed by atoms with E-state index >= 15 is 0 Å². The van der Waals surface area contributed by atoms with Crippen LogP contribution in [0.15, 0.2) is 67.5 Å². The van der Waals surface area contributed by atoms with Crippen molar-refractivity contribution in [2.75, 3.05) is 36.2 Å². The number of benzene rings is 2. The van der Waals surface area contributed by atoms with Crippen molar-refractivity contribution in [2.24, 2.45) is 7.05 Å². The fraction of sp³-hybridized carbons (Fsp3) is 0.222. The number of hydrogen-bond acceptors (Lipinski definition) is 6. The molecule has 0 aliphatic rings. The lowest BCUT2D eigenvalue weighted by Crippen LogP contribution is -2.21. The molecule has 0 saturated heterocycles. The summed E-state index contributed by atoms with van der Waals surface area (Å²) in [4.78, 5) is 23.4. The fourth-order valence-electron chi connectivity index (χ4n) is 4.13. The van der Waals surface area contributed by atoms with Gasteiger partial charge in [-0.3, -0.25) is 4.79 Å². The van der Waals surface area contributed by atoms with Crippen LogP contribution in [0, 0.1) is 0 Å². The zero-order valence-electron chi connectivity index (χ0n) is 20.5. The first-order chi connectivity index (χ1) is 16.9. The molecule has 0 aliphatic carbocycles. The molecule has 0 radical (unpaired) electrons. The number of amides is 1. The van der Waals surface area contributed by atoms with Crippen LogP contribution >= 0.6 is 0 Å². The van der Waals surface area contributed by atoms with Crippen LogP contribution in [0.25, 0.3) is 22.2 Å². The largest absolute Gasteiger partial charge is 0.494 e. The number of aromatic nitrogens is 3. The van der Waals surface area contributed by atoms with Crippen LogP contribution in [0.5, 0.6) is 5.75 Å². The molecule has 4 aromatic rings. The third-order valence-electron chi connectivity index (χ3n) is 5.81. The van der Waals surface area contributed by atoms with Crippen LogP contribution in [0.3, 0.4) is 0 Å². The summed E-state index contributed by atoms with van der Waals surface area (Å²) >= 11 is 0. The van der Waals surface area contributed by atoms with E-state index in [1.54, 1.807) is 13.3 Å². The van der Waals surface area contributed by atoms with Gasteiger partial charge in [-0.05, 0) is 30.7 Å². The van der Waals surface area contributed by atoms with E-state index in [0.29, 0.717) is 23.1 Å². The van der Waals surface area contributed by atoms with E-state index in [2.05, 4.69) is 56.9 Å². The minimum Gasteiger partial charge on any atom is -0.494 e. The highest BCUT2D eigenvalue weighted by Crippen LogP contribution is 2.38. The second-order valence-electron chi connectivity index (χ2n) is 8.25. The molecule has 1 amide bonds. The molecule has 0 saturated carbocycles. The lowest BCUT2D eigenvalue weighted by Gasteiger charge is -2.24. The second kappa shape index (κ2) is 10.3. The van der Waals surface area contributed by atoms with Crippen molar-refractivity contribution in [1.29, 1.82) is 0 Å². The van der Waals surface area contributed by atoms with Crippen molar-refractivity contribution in [2.45, 2.75) is 13.3 Å². The van der Waals surface area contributed by atoms with E-state index in [-0.39, 0.29) is 5.91 Å². The van der Waals surface area contributed by atoms with Crippen LogP contribution in [0.4, 0.5) is 23.0 Å². The molecule has 0 bridgehead atoms. The van der Waals surface area contributed by atoms with Gasteiger partial charge in [0.2, 0.25) is 11.9 Å². The lowest BCUT2D eigenvalue weighted by molar-refractivity contribution is -0.111. The number of carbonyl (C=O) groups excluding carboxylic acids is 1. The van der Waals surface area contributed by atoms with E-state index < -0.39 is 0 Å². The van der Waals surface area contributed by atoms with Crippen molar-refractivity contribution < 1.29 is 9.53 Å². The maximum absolute atomic E-state index is 12.1. The number of hydrogen-bond donors (Lipinski definition) is 2. The van der Waals surface area contributed by atoms with Crippen molar-refractivity contribution in [3.05, 3.63) is 67.5 Å². The predicted octanol–water partition coefficient (Wildman–Crippen LogP) is 5.36. The average molecular weight is 471 g/mol. The number of ether oxygens (including phenoxy) is 1. The van der Waals surface area contributed by atoms with Gasteiger partial charge in [-0.2, -0.15) is 0 Å². The summed E-state index contributed by atoms with van der Waals surface area (Å²) in [5, 5.41) is 7.29. The monoisotopic (exact) mass is 470 g/mol. The summed E-state index contributed by atoms with van der Waals surface area (Å²) in [6, 6.07) is 13.8. The zero-order valence-corrected chi connectivity index (χ0v) is 20.5. The summed E-state index contributed by atoms with van der Waals surface area (Å²) in [5.41, 5.74) is 5.07. The Morgan fingerprint density at radius 1 is 1.23 bits per heavy atom. The Morgan fingerprint density at radius 2 is 2.03 bits per heavy atom. The quantitative estimate of drug-likeness (QED) is 0.321. The molecule has 0 spiro atoms. The Morgan fingerprint density at radius 3 is 2.77 bits per heavy atom. The Labute approximate surface area is 205 Å². The predicted molar refractivity (Wildman–Crippen MR) is 143 cm³/mol. The van der Waals surface area contributed by atoms with E-state index in [9.17, 15) is 4.79 Å². The fourth-order valence-corrected chi connectivity index (χ4v) is 4.13. The van der Waals surface area contributed by atoms with E-state index in [1.165, 1.54) is 6.08 Å². The average Bonchev–Trinajstić information content (AvgIpc) is 3.21. The van der Waals surface area contributed by atoms with Gasteiger partial charge >= 0.3 is 0 Å². The van der Waals surface area contributed by atoms with Gasteiger partial charge in [-0.15, -0.1) is 0 Å². The van der Waals surface area contributed by atoms with E-state index in [1.807, 2.05) is 44.4 Å². The molecule has 180 valence electrons. The summed E-state index contributed by atoms with van der Waals surface area (Å²) in [7, 11) is 5.61. The van der Waals surface area contributed by atoms with Crippen LogP contribution in [-0.4, -0.2) is 41.1 Å². The number of aryl methyl sites for hydroxylation is 1. The highest BCUT2D eigenvalue weighted by molar-refractivity contribution is 6.02. The normalized spacial score (nSPS) is 10.7. The minimum absolute atomic E-state index is 0.290. The van der Waals surface area contributed by atoms with Crippen LogP contribution in [0.1, 0.15) is 13.3 Å². The van der Waals surface area contributed by atoms with Crippen molar-refractivity contribution in [3.63, 3.8) is 0 Å². The minimum atomic E-state index is -0.290. The molecule has 8 heteroatoms. The number of rotatable bonds is 9. The molecular formula is C27H30N6O2. The van der Waals surface area contributed by atoms with Crippen LogP contribution < -0.4 is 20.3 Å². The molecule has 35 heavy (non-hydrogen) atoms. The molecule has 2 aromatic heterocycles. The summed E-state index contributed by atoms with van der Waals surface area (Å²) < 4.78 is 7.75. The molecule has 2 aromatic carbocycles. The highest BCUT2D eigenvalue weighted by Gasteiger charge is 2.17. The first kappa shape index (κ1) is 23.8. The van der Waals surface area contributed by atoms with Crippen molar-refractivity contribution in [1.82, 2.24) is 14.5 Å². The first-order valence-electron chi connectivity index (χ1n) is 11.5. The molecule has 4 rings (SSSR count). The molecule has 0 aliphatic heterocycles. The van der Waals surface area contributed by atoms with Gasteiger partial charge in [-0.25, -0.2) is 9.97 Å². The third kappa shape index (κ3) is 4.96. The standard InChI is InChI=1S/C27H30N6O2/c1-6-14-32(3)24-16-25(35-5)22(15-21(24)29-26(34)7-2)31-27-28-13-12-20(30-27)19-17-33(4)23-11-9-8-10-18(19)23/h7-13,15-17H,2,6,14H2,1,3-5H3,(H,29,34)(H,28,30,31). The topological polar surface area (TPSA) is 84.3 Å². The maximum Gasteiger partial charge on any atom is 0.247 e. The van der Waals surface area contributed by atoms with Crippen LogP contribution in [-0.2, 0) is 11.8 Å². The van der Waals surface area contributed by atoms with E-state index in [4.69, 9.17) is 9.72 Å². The SMILES string of the molecule is C=CC(=O)Nc1cc(Nc2nccc(-c3cn(C)c4ccccc34)n2)c(OC)cc1N(C)CCC. The molecular weight excluding hydrogens is 440 g/mol. The van der Waals surface area contributed by atoms with Crippen LogP contribution in [0.2, 0.25) is 0 Å². The number of carbonyl (C=O) groups is 1. The third-order valence-corrected chi connectivity index (χ3v) is 5.81. The number of fused-ring (bicyclic) bond motifs is 1. The molecule has 2 heterocycles. The summed E-state index contributed by atoms with van der Waals surface area (Å²) in [5.74, 6) is 0.740. The Hall–Kier alpha value is -4.33. The molecule has 2 N–H and O–H groups in total. The van der Waals surface area contributed by atoms with Crippen molar-refractivity contribution >= 4 is 39.8 Å². The highest BCUT2D eigenvalue weighted by atomic mass is 16.5. The van der Waals surface area contributed by atoms with Gasteiger partial charge in [0, 0.05) is 55.6 Å². The molecule has 0 fully saturated rings. The Bertz CT molecular complexity index is 1380. The maximum atomic E-state index is 12.1. The molecule has 8 nitrogen and oxygen atoms in total. The Balaban J connectivity index is 1.73. The van der Waals surface area contributed by atoms with Gasteiger partial charge < -0.3 is 24.8 Å². The summed E-state index contributed by atoms with van der Waals surface area (Å²) in [6.45, 7) is 6.49. The van der Waals surface area contributed by atoms with Gasteiger partial charge in [0.1, 0.15) is 5.75 Å². The number of nitrogens with zero attached hydrogens (tertiary/aromatic N) is 4. The van der Waals surface area contributed by atoms with Gasteiger partial charge in [-0.1, -0.05) is 31.7 Å². The van der Waals surface area contributed by atoms with E-state index in [0.717, 1.165) is 40.8 Å². The number of nitrogens with one attached hydrogen (secondary N) is 2. The van der Waals surface area contributed by atoms with Gasteiger partial charge in [0.05, 0.1) is 29.9 Å². The zero-order chi connectivity index (χ0) is 24.9. The molecule has 0 atom stereocenters.